The fourth-order valence-corrected chi connectivity index (χ4v) is 2.33. The highest BCUT2D eigenvalue weighted by Crippen LogP contribution is 2.21. The van der Waals surface area contributed by atoms with E-state index in [4.69, 9.17) is 4.74 Å². The number of nitrogens with one attached hydrogen (secondary N) is 2. The summed E-state index contributed by atoms with van der Waals surface area (Å²) in [4.78, 5) is 18.1. The van der Waals surface area contributed by atoms with Crippen LogP contribution in [0, 0.1) is 5.41 Å². The molecule has 152 valence electrons. The van der Waals surface area contributed by atoms with Crippen molar-refractivity contribution >= 4 is 11.9 Å². The molecule has 0 aromatic heterocycles. The molecule has 6 nitrogen and oxygen atoms in total. The zero-order valence-electron chi connectivity index (χ0n) is 17.9. The van der Waals surface area contributed by atoms with E-state index >= 15 is 0 Å². The third-order valence-electron chi connectivity index (χ3n) is 4.20. The molecule has 1 aromatic carbocycles. The normalized spacial score (nSPS) is 13.1. The lowest BCUT2D eigenvalue weighted by Gasteiger charge is -2.23. The van der Waals surface area contributed by atoms with Crippen molar-refractivity contribution in [1.29, 1.82) is 0 Å². The Labute approximate surface area is 164 Å². The molecule has 2 N–H and O–H groups in total. The van der Waals surface area contributed by atoms with Crippen molar-refractivity contribution in [2.75, 3.05) is 27.7 Å². The van der Waals surface area contributed by atoms with Crippen LogP contribution in [-0.2, 0) is 11.3 Å². The first-order valence-electron chi connectivity index (χ1n) is 9.48. The van der Waals surface area contributed by atoms with E-state index in [0.717, 1.165) is 24.2 Å². The monoisotopic (exact) mass is 376 g/mol. The number of aliphatic imine (C=N–C) groups is 1. The number of nitrogens with zero attached hydrogens (tertiary/aromatic N) is 2. The molecule has 0 spiro atoms. The molecule has 1 unspecified atom stereocenters. The minimum Gasteiger partial charge on any atom is -0.497 e. The Morgan fingerprint density at radius 3 is 2.37 bits per heavy atom. The van der Waals surface area contributed by atoms with Gasteiger partial charge in [-0.1, -0.05) is 32.9 Å². The van der Waals surface area contributed by atoms with Crippen LogP contribution >= 0.6 is 0 Å². The zero-order chi connectivity index (χ0) is 20.4. The average Bonchev–Trinajstić information content (AvgIpc) is 2.61. The van der Waals surface area contributed by atoms with Crippen molar-refractivity contribution in [3.63, 3.8) is 0 Å². The molecule has 0 saturated heterocycles. The van der Waals surface area contributed by atoms with Crippen LogP contribution in [0.15, 0.2) is 29.3 Å². The molecule has 0 heterocycles. The van der Waals surface area contributed by atoms with E-state index < -0.39 is 0 Å². The van der Waals surface area contributed by atoms with Gasteiger partial charge < -0.3 is 20.3 Å². The predicted molar refractivity (Wildman–Crippen MR) is 112 cm³/mol. The first-order chi connectivity index (χ1) is 12.6. The number of rotatable bonds is 8. The number of guanidine groups is 1. The highest BCUT2D eigenvalue weighted by molar-refractivity contribution is 5.86. The number of amides is 1. The first kappa shape index (κ1) is 22.8. The Bertz CT molecular complexity index is 604. The van der Waals surface area contributed by atoms with E-state index in [1.165, 1.54) is 0 Å². The quantitative estimate of drug-likeness (QED) is 0.541. The topological polar surface area (TPSA) is 66.0 Å². The molecule has 0 aliphatic heterocycles. The molecule has 0 aliphatic carbocycles. The van der Waals surface area contributed by atoms with Gasteiger partial charge in [-0.2, -0.15) is 0 Å². The van der Waals surface area contributed by atoms with Crippen molar-refractivity contribution in [1.82, 2.24) is 15.5 Å². The van der Waals surface area contributed by atoms with Gasteiger partial charge in [0, 0.05) is 20.1 Å². The highest BCUT2D eigenvalue weighted by Gasteiger charge is 2.14. The number of methoxy groups -OCH3 is 1. The minimum absolute atomic E-state index is 0.0105. The molecule has 27 heavy (non-hydrogen) atoms. The first-order valence-corrected chi connectivity index (χ1v) is 9.48. The van der Waals surface area contributed by atoms with E-state index in [-0.39, 0.29) is 18.5 Å². The number of likely N-dealkylation sites (N-methyl/N-ethyl adjacent to an activating group) is 1. The molecule has 0 radical (unpaired) electrons. The van der Waals surface area contributed by atoms with Crippen LogP contribution in [0.3, 0.4) is 0 Å². The third kappa shape index (κ3) is 9.87. The summed E-state index contributed by atoms with van der Waals surface area (Å²) in [7, 11) is 5.15. The maximum atomic E-state index is 11.9. The second-order valence-corrected chi connectivity index (χ2v) is 8.30. The average molecular weight is 377 g/mol. The van der Waals surface area contributed by atoms with Crippen LogP contribution in [0.2, 0.25) is 0 Å². The van der Waals surface area contributed by atoms with Gasteiger partial charge in [0.05, 0.1) is 20.2 Å². The van der Waals surface area contributed by atoms with Crippen molar-refractivity contribution in [2.24, 2.45) is 10.4 Å². The van der Waals surface area contributed by atoms with Gasteiger partial charge in [0.2, 0.25) is 5.91 Å². The summed E-state index contributed by atoms with van der Waals surface area (Å²) in [6.45, 7) is 9.62. The summed E-state index contributed by atoms with van der Waals surface area (Å²) in [6.07, 6.45) is 2.15. The highest BCUT2D eigenvalue weighted by atomic mass is 16.5. The molecular weight excluding hydrogens is 340 g/mol. The lowest BCUT2D eigenvalue weighted by atomic mass is 9.89. The molecular formula is C21H36N4O2. The third-order valence-corrected chi connectivity index (χ3v) is 4.20. The molecule has 0 fully saturated rings. The molecule has 1 aromatic rings. The van der Waals surface area contributed by atoms with E-state index in [2.05, 4.69) is 43.3 Å². The van der Waals surface area contributed by atoms with Crippen LogP contribution in [-0.4, -0.2) is 50.6 Å². The number of benzene rings is 1. The molecule has 1 amide bonds. The summed E-state index contributed by atoms with van der Waals surface area (Å²) in [5, 5.41) is 6.56. The standard InChI is InChI=1S/C21H36N4O2/c1-16(12-13-21(2,3)4)24-20(23-15-19(26)25(5)6)22-14-17-8-10-18(27-7)11-9-17/h8-11,16H,12-15H2,1-7H3,(H2,22,23,24). The van der Waals surface area contributed by atoms with Gasteiger partial charge in [-0.05, 0) is 42.9 Å². The van der Waals surface area contributed by atoms with Crippen LogP contribution in [0.4, 0.5) is 0 Å². The summed E-state index contributed by atoms with van der Waals surface area (Å²) in [5.41, 5.74) is 1.38. The van der Waals surface area contributed by atoms with Gasteiger partial charge >= 0.3 is 0 Å². The van der Waals surface area contributed by atoms with Crippen molar-refractivity contribution < 1.29 is 9.53 Å². The number of hydrogen-bond donors (Lipinski definition) is 2. The Kier molecular flexibility index (Phi) is 9.12. The largest absolute Gasteiger partial charge is 0.497 e. The molecule has 0 bridgehead atoms. The van der Waals surface area contributed by atoms with Crippen LogP contribution in [0.25, 0.3) is 0 Å². The lowest BCUT2D eigenvalue weighted by Crippen LogP contribution is -2.46. The van der Waals surface area contributed by atoms with Gasteiger partial charge in [-0.3, -0.25) is 4.79 Å². The fourth-order valence-electron chi connectivity index (χ4n) is 2.33. The second kappa shape index (κ2) is 10.8. The Balaban J connectivity index is 2.74. The molecule has 1 atom stereocenters. The predicted octanol–water partition coefficient (Wildman–Crippen LogP) is 3.03. The summed E-state index contributed by atoms with van der Waals surface area (Å²) < 4.78 is 5.19. The fraction of sp³-hybridized carbons (Fsp3) is 0.619. The van der Waals surface area contributed by atoms with E-state index in [0.29, 0.717) is 17.9 Å². The summed E-state index contributed by atoms with van der Waals surface area (Å²) in [6, 6.07) is 8.10. The zero-order valence-corrected chi connectivity index (χ0v) is 17.9. The molecule has 1 rings (SSSR count). The SMILES string of the molecule is COc1ccc(CN=C(NCC(=O)N(C)C)NC(C)CCC(C)(C)C)cc1. The smallest absolute Gasteiger partial charge is 0.241 e. The molecule has 0 aliphatic rings. The van der Waals surface area contributed by atoms with Gasteiger partial charge in [-0.15, -0.1) is 0 Å². The van der Waals surface area contributed by atoms with Crippen molar-refractivity contribution in [3.8, 4) is 5.75 Å². The number of carbonyl (C=O) groups is 1. The van der Waals surface area contributed by atoms with E-state index in [1.54, 1.807) is 26.1 Å². The van der Waals surface area contributed by atoms with Gasteiger partial charge in [-0.25, -0.2) is 4.99 Å². The van der Waals surface area contributed by atoms with Gasteiger partial charge in [0.1, 0.15) is 5.75 Å². The van der Waals surface area contributed by atoms with E-state index in [9.17, 15) is 4.79 Å². The number of ether oxygens (including phenoxy) is 1. The molecule has 0 saturated carbocycles. The lowest BCUT2D eigenvalue weighted by molar-refractivity contribution is -0.127. The maximum absolute atomic E-state index is 11.9. The maximum Gasteiger partial charge on any atom is 0.241 e. The molecule has 6 heteroatoms. The van der Waals surface area contributed by atoms with Crippen molar-refractivity contribution in [2.45, 2.75) is 53.1 Å². The number of hydrogen-bond acceptors (Lipinski definition) is 3. The summed E-state index contributed by atoms with van der Waals surface area (Å²) >= 11 is 0. The minimum atomic E-state index is 0.0105. The van der Waals surface area contributed by atoms with Crippen LogP contribution in [0.1, 0.15) is 46.1 Å². The Morgan fingerprint density at radius 1 is 1.22 bits per heavy atom. The Morgan fingerprint density at radius 2 is 1.85 bits per heavy atom. The Hall–Kier alpha value is -2.24. The summed E-state index contributed by atoms with van der Waals surface area (Å²) in [5.74, 6) is 1.49. The van der Waals surface area contributed by atoms with Gasteiger partial charge in [0.15, 0.2) is 5.96 Å². The van der Waals surface area contributed by atoms with E-state index in [1.807, 2.05) is 24.3 Å². The van der Waals surface area contributed by atoms with Gasteiger partial charge in [0.25, 0.3) is 0 Å². The number of carbonyl (C=O) groups excluding carboxylic acids is 1. The second-order valence-electron chi connectivity index (χ2n) is 8.30. The van der Waals surface area contributed by atoms with Crippen LogP contribution in [0.5, 0.6) is 5.75 Å². The van der Waals surface area contributed by atoms with Crippen LogP contribution < -0.4 is 15.4 Å². The van der Waals surface area contributed by atoms with Crippen molar-refractivity contribution in [3.05, 3.63) is 29.8 Å².